The summed E-state index contributed by atoms with van der Waals surface area (Å²) < 4.78 is 2.28. The van der Waals surface area contributed by atoms with Crippen LogP contribution in [0.1, 0.15) is 25.7 Å². The molecule has 1 heterocycles. The zero-order valence-corrected chi connectivity index (χ0v) is 13.5. The van der Waals surface area contributed by atoms with E-state index in [9.17, 15) is 0 Å². The van der Waals surface area contributed by atoms with Crippen molar-refractivity contribution in [2.75, 3.05) is 17.4 Å². The van der Waals surface area contributed by atoms with Gasteiger partial charge in [0.15, 0.2) is 0 Å². The average molecular weight is 317 g/mol. The van der Waals surface area contributed by atoms with Crippen molar-refractivity contribution in [3.8, 4) is 0 Å². The Balaban J connectivity index is 2.46. The number of aryl methyl sites for hydroxylation is 1. The zero-order valence-electron chi connectivity index (χ0n) is 11.2. The zero-order chi connectivity index (χ0) is 13.8. The highest BCUT2D eigenvalue weighted by molar-refractivity contribution is 7.99. The summed E-state index contributed by atoms with van der Waals surface area (Å²) in [6.45, 7) is 4.41. The summed E-state index contributed by atoms with van der Waals surface area (Å²) in [5.74, 6) is 3.84. The number of hydrogen-bond donors (Lipinski definition) is 0. The van der Waals surface area contributed by atoms with E-state index in [0.717, 1.165) is 39.8 Å². The molecule has 0 spiro atoms. The van der Waals surface area contributed by atoms with Crippen LogP contribution < -0.4 is 0 Å². The van der Waals surface area contributed by atoms with Crippen LogP contribution in [0, 0.1) is 0 Å². The van der Waals surface area contributed by atoms with E-state index in [1.54, 1.807) is 0 Å². The van der Waals surface area contributed by atoms with Gasteiger partial charge in [-0.25, -0.2) is 4.98 Å². The second kappa shape index (κ2) is 6.87. The third kappa shape index (κ3) is 3.39. The molecule has 0 radical (unpaired) electrons. The van der Waals surface area contributed by atoms with Crippen LogP contribution in [0.5, 0.6) is 0 Å². The molecule has 104 valence electrons. The number of aromatic nitrogens is 2. The topological polar surface area (TPSA) is 17.8 Å². The van der Waals surface area contributed by atoms with Gasteiger partial charge < -0.3 is 4.57 Å². The molecule has 0 N–H and O–H groups in total. The third-order valence-corrected chi connectivity index (χ3v) is 4.60. The molecule has 0 amide bonds. The maximum Gasteiger partial charge on any atom is 0.111 e. The van der Waals surface area contributed by atoms with Crippen LogP contribution in [0.15, 0.2) is 18.2 Å². The van der Waals surface area contributed by atoms with Crippen LogP contribution in [0.3, 0.4) is 0 Å². The number of fused-ring (bicyclic) bond motifs is 1. The second-order valence-electron chi connectivity index (χ2n) is 4.48. The van der Waals surface area contributed by atoms with Crippen molar-refractivity contribution in [1.82, 2.24) is 9.55 Å². The van der Waals surface area contributed by atoms with Gasteiger partial charge in [0.1, 0.15) is 5.82 Å². The fourth-order valence-electron chi connectivity index (χ4n) is 2.23. The SMILES string of the molecule is CCSCC(C)n1c(CCCl)nc2ccc(Cl)cc21. The second-order valence-corrected chi connectivity index (χ2v) is 6.61. The predicted octanol–water partition coefficient (Wildman–Crippen LogP) is 4.79. The van der Waals surface area contributed by atoms with Gasteiger partial charge >= 0.3 is 0 Å². The molecular weight excluding hydrogens is 299 g/mol. The minimum Gasteiger partial charge on any atom is -0.324 e. The molecule has 2 rings (SSSR count). The van der Waals surface area contributed by atoms with Crippen molar-refractivity contribution in [3.05, 3.63) is 29.0 Å². The fourth-order valence-corrected chi connectivity index (χ4v) is 3.29. The highest BCUT2D eigenvalue weighted by Crippen LogP contribution is 2.26. The Kier molecular flexibility index (Phi) is 5.43. The normalized spacial score (nSPS) is 13.1. The summed E-state index contributed by atoms with van der Waals surface area (Å²) >= 11 is 13.9. The molecule has 1 unspecified atom stereocenters. The van der Waals surface area contributed by atoms with Crippen LogP contribution >= 0.6 is 35.0 Å². The first kappa shape index (κ1) is 15.0. The Labute approximate surface area is 128 Å². The summed E-state index contributed by atoms with van der Waals surface area (Å²) in [6.07, 6.45) is 0.787. The molecule has 2 aromatic rings. The maximum atomic E-state index is 6.11. The first-order valence-electron chi connectivity index (χ1n) is 6.47. The molecular formula is C14H18Cl2N2S. The van der Waals surface area contributed by atoms with Crippen molar-refractivity contribution in [2.45, 2.75) is 26.3 Å². The van der Waals surface area contributed by atoms with Gasteiger partial charge in [0, 0.05) is 29.1 Å². The molecule has 0 bridgehead atoms. The van der Waals surface area contributed by atoms with Gasteiger partial charge in [-0.15, -0.1) is 11.6 Å². The lowest BCUT2D eigenvalue weighted by atomic mass is 10.3. The molecule has 0 aliphatic rings. The lowest BCUT2D eigenvalue weighted by Gasteiger charge is -2.17. The lowest BCUT2D eigenvalue weighted by molar-refractivity contribution is 0.597. The van der Waals surface area contributed by atoms with Crippen molar-refractivity contribution >= 4 is 46.0 Å². The quantitative estimate of drug-likeness (QED) is 0.713. The van der Waals surface area contributed by atoms with Crippen LogP contribution in [-0.4, -0.2) is 26.9 Å². The standard InChI is InChI=1S/C14H18Cl2N2S/c1-3-19-9-10(2)18-13-8-11(16)4-5-12(13)17-14(18)6-7-15/h4-5,8,10H,3,6-7,9H2,1-2H3. The predicted molar refractivity (Wildman–Crippen MR) is 86.9 cm³/mol. The molecule has 0 fully saturated rings. The summed E-state index contributed by atoms with van der Waals surface area (Å²) in [5, 5.41) is 0.751. The number of halogens is 2. The molecule has 1 aromatic heterocycles. The molecule has 19 heavy (non-hydrogen) atoms. The third-order valence-electron chi connectivity index (χ3n) is 3.05. The number of thioether (sulfide) groups is 1. The van der Waals surface area contributed by atoms with Crippen LogP contribution in [0.4, 0.5) is 0 Å². The van der Waals surface area contributed by atoms with Gasteiger partial charge in [-0.3, -0.25) is 0 Å². The van der Waals surface area contributed by atoms with E-state index in [4.69, 9.17) is 23.2 Å². The molecule has 0 aliphatic heterocycles. The van der Waals surface area contributed by atoms with Crippen molar-refractivity contribution in [1.29, 1.82) is 0 Å². The summed E-state index contributed by atoms with van der Waals surface area (Å²) in [4.78, 5) is 4.68. The van der Waals surface area contributed by atoms with E-state index < -0.39 is 0 Å². The highest BCUT2D eigenvalue weighted by Gasteiger charge is 2.15. The Hall–Kier alpha value is -0.380. The number of nitrogens with zero attached hydrogens (tertiary/aromatic N) is 2. The summed E-state index contributed by atoms with van der Waals surface area (Å²) in [6, 6.07) is 6.25. The van der Waals surface area contributed by atoms with E-state index in [-0.39, 0.29) is 0 Å². The minimum atomic E-state index is 0.395. The van der Waals surface area contributed by atoms with E-state index in [2.05, 4.69) is 23.4 Å². The Bertz CT molecular complexity index is 554. The van der Waals surface area contributed by atoms with Gasteiger partial charge in [0.05, 0.1) is 11.0 Å². The van der Waals surface area contributed by atoms with Gasteiger partial charge in [-0.2, -0.15) is 11.8 Å². The smallest absolute Gasteiger partial charge is 0.111 e. The highest BCUT2D eigenvalue weighted by atomic mass is 35.5. The summed E-state index contributed by atoms with van der Waals surface area (Å²) in [5.41, 5.74) is 2.11. The maximum absolute atomic E-state index is 6.11. The van der Waals surface area contributed by atoms with Crippen LogP contribution in [0.25, 0.3) is 11.0 Å². The molecule has 5 heteroatoms. The van der Waals surface area contributed by atoms with Crippen molar-refractivity contribution in [2.24, 2.45) is 0 Å². The fraction of sp³-hybridized carbons (Fsp3) is 0.500. The van der Waals surface area contributed by atoms with Crippen molar-refractivity contribution in [3.63, 3.8) is 0 Å². The monoisotopic (exact) mass is 316 g/mol. The van der Waals surface area contributed by atoms with E-state index in [0.29, 0.717) is 11.9 Å². The molecule has 2 nitrogen and oxygen atoms in total. The molecule has 0 saturated carbocycles. The Morgan fingerprint density at radius 3 is 2.89 bits per heavy atom. The molecule has 1 aromatic carbocycles. The van der Waals surface area contributed by atoms with Crippen molar-refractivity contribution < 1.29 is 0 Å². The van der Waals surface area contributed by atoms with Gasteiger partial charge in [-0.05, 0) is 30.9 Å². The van der Waals surface area contributed by atoms with E-state index in [1.807, 2.05) is 30.0 Å². The molecule has 0 aliphatic carbocycles. The minimum absolute atomic E-state index is 0.395. The Morgan fingerprint density at radius 2 is 2.21 bits per heavy atom. The lowest BCUT2D eigenvalue weighted by Crippen LogP contribution is -2.12. The van der Waals surface area contributed by atoms with Crippen LogP contribution in [0.2, 0.25) is 5.02 Å². The van der Waals surface area contributed by atoms with Crippen LogP contribution in [-0.2, 0) is 6.42 Å². The summed E-state index contributed by atoms with van der Waals surface area (Å²) in [7, 11) is 0. The molecule has 0 saturated heterocycles. The first-order chi connectivity index (χ1) is 9.17. The van der Waals surface area contributed by atoms with Gasteiger partial charge in [0.25, 0.3) is 0 Å². The van der Waals surface area contributed by atoms with Gasteiger partial charge in [0.2, 0.25) is 0 Å². The Morgan fingerprint density at radius 1 is 1.42 bits per heavy atom. The molecule has 1 atom stereocenters. The number of alkyl halides is 1. The van der Waals surface area contributed by atoms with E-state index in [1.165, 1.54) is 0 Å². The number of benzene rings is 1. The first-order valence-corrected chi connectivity index (χ1v) is 8.54. The number of hydrogen-bond acceptors (Lipinski definition) is 2. The van der Waals surface area contributed by atoms with Gasteiger partial charge in [-0.1, -0.05) is 18.5 Å². The average Bonchev–Trinajstić information content (AvgIpc) is 2.73. The van der Waals surface area contributed by atoms with E-state index >= 15 is 0 Å². The largest absolute Gasteiger partial charge is 0.324 e. The number of rotatable bonds is 6. The number of imidazole rings is 1.